The number of hydrogen-bond acceptors (Lipinski definition) is 5. The van der Waals surface area contributed by atoms with Crippen molar-refractivity contribution in [3.05, 3.63) is 63.1 Å². The van der Waals surface area contributed by atoms with E-state index in [0.29, 0.717) is 21.4 Å². The lowest BCUT2D eigenvalue weighted by atomic mass is 10.1. The van der Waals surface area contributed by atoms with Crippen LogP contribution >= 0.6 is 35.4 Å². The number of hydrogen-bond donors (Lipinski definition) is 2. The Labute approximate surface area is 196 Å². The number of nitrogens with zero attached hydrogens (tertiary/aromatic N) is 1. The first-order valence-corrected chi connectivity index (χ1v) is 10.8. The minimum atomic E-state index is -0.562. The Morgan fingerprint density at radius 1 is 1.03 bits per heavy atom. The Morgan fingerprint density at radius 3 is 2.32 bits per heavy atom. The zero-order valence-electron chi connectivity index (χ0n) is 17.0. The zero-order valence-corrected chi connectivity index (χ0v) is 19.3. The normalized spacial score (nSPS) is 13.5. The number of halogens is 2. The van der Waals surface area contributed by atoms with E-state index in [1.807, 2.05) is 18.2 Å². The minimum Gasteiger partial charge on any atom is -0.488 e. The first-order valence-electron chi connectivity index (χ1n) is 9.66. The van der Waals surface area contributed by atoms with Crippen molar-refractivity contribution in [1.82, 2.24) is 10.6 Å². The molecule has 9 heteroatoms. The summed E-state index contributed by atoms with van der Waals surface area (Å²) in [4.78, 5) is 26.7. The SMILES string of the molecule is CCN(CC)c1ccc(C=C2C(=O)NC(=S)NC2=O)c(OCc2ccc(Cl)cc2Cl)c1. The van der Waals surface area contributed by atoms with Crippen molar-refractivity contribution in [2.75, 3.05) is 18.0 Å². The van der Waals surface area contributed by atoms with E-state index in [1.54, 1.807) is 18.2 Å². The average Bonchev–Trinajstić information content (AvgIpc) is 2.72. The number of anilines is 1. The number of nitrogens with one attached hydrogen (secondary N) is 2. The summed E-state index contributed by atoms with van der Waals surface area (Å²) in [5, 5.41) is 5.88. The van der Waals surface area contributed by atoms with Crippen molar-refractivity contribution in [1.29, 1.82) is 0 Å². The van der Waals surface area contributed by atoms with E-state index in [1.165, 1.54) is 6.08 Å². The predicted octanol–water partition coefficient (Wildman–Crippen LogP) is 4.33. The van der Waals surface area contributed by atoms with Crippen LogP contribution < -0.4 is 20.3 Å². The third kappa shape index (κ3) is 5.55. The highest BCUT2D eigenvalue weighted by Gasteiger charge is 2.26. The van der Waals surface area contributed by atoms with Gasteiger partial charge in [-0.1, -0.05) is 29.3 Å². The first-order chi connectivity index (χ1) is 14.8. The highest BCUT2D eigenvalue weighted by molar-refractivity contribution is 7.80. The van der Waals surface area contributed by atoms with Gasteiger partial charge in [0.15, 0.2) is 5.11 Å². The molecule has 2 N–H and O–H groups in total. The van der Waals surface area contributed by atoms with Gasteiger partial charge < -0.3 is 9.64 Å². The second-order valence-electron chi connectivity index (χ2n) is 6.71. The monoisotopic (exact) mass is 477 g/mol. The number of amides is 2. The van der Waals surface area contributed by atoms with Gasteiger partial charge in [0, 0.05) is 46.0 Å². The van der Waals surface area contributed by atoms with Gasteiger partial charge in [-0.2, -0.15) is 0 Å². The third-order valence-electron chi connectivity index (χ3n) is 4.77. The number of rotatable bonds is 7. The van der Waals surface area contributed by atoms with Gasteiger partial charge in [-0.25, -0.2) is 0 Å². The maximum atomic E-state index is 12.2. The second kappa shape index (κ2) is 10.1. The van der Waals surface area contributed by atoms with E-state index >= 15 is 0 Å². The Bertz CT molecular complexity index is 1050. The molecule has 1 heterocycles. The maximum absolute atomic E-state index is 12.2. The van der Waals surface area contributed by atoms with Crippen LogP contribution in [0.4, 0.5) is 5.69 Å². The van der Waals surface area contributed by atoms with E-state index in [4.69, 9.17) is 40.2 Å². The van der Waals surface area contributed by atoms with Gasteiger partial charge >= 0.3 is 0 Å². The van der Waals surface area contributed by atoms with Crippen LogP contribution in [0.1, 0.15) is 25.0 Å². The Balaban J connectivity index is 1.98. The van der Waals surface area contributed by atoms with Crippen molar-refractivity contribution in [3.63, 3.8) is 0 Å². The van der Waals surface area contributed by atoms with Gasteiger partial charge in [0.2, 0.25) is 0 Å². The quantitative estimate of drug-likeness (QED) is 0.352. The van der Waals surface area contributed by atoms with Crippen LogP contribution in [0.25, 0.3) is 6.08 Å². The molecule has 2 aromatic carbocycles. The molecule has 0 unspecified atom stereocenters. The molecule has 0 aromatic heterocycles. The van der Waals surface area contributed by atoms with Crippen molar-refractivity contribution >= 4 is 64.1 Å². The predicted molar refractivity (Wildman–Crippen MR) is 128 cm³/mol. The fourth-order valence-electron chi connectivity index (χ4n) is 3.11. The van der Waals surface area contributed by atoms with E-state index in [9.17, 15) is 9.59 Å². The standard InChI is InChI=1S/C22H21Cl2N3O3S/c1-3-27(4-2)16-8-6-13(9-17-20(28)25-22(31)26-21(17)29)19(11-16)30-12-14-5-7-15(23)10-18(14)24/h5-11H,3-4,12H2,1-2H3,(H2,25,26,28,29,31). The van der Waals surface area contributed by atoms with Gasteiger partial charge in [0.25, 0.3) is 11.8 Å². The van der Waals surface area contributed by atoms with Gasteiger partial charge in [-0.15, -0.1) is 0 Å². The molecule has 0 saturated carbocycles. The van der Waals surface area contributed by atoms with Gasteiger partial charge in [-0.3, -0.25) is 20.2 Å². The van der Waals surface area contributed by atoms with Crippen LogP contribution in [0.5, 0.6) is 5.75 Å². The van der Waals surface area contributed by atoms with Crippen LogP contribution in [0.3, 0.4) is 0 Å². The summed E-state index contributed by atoms with van der Waals surface area (Å²) in [6.07, 6.45) is 1.48. The number of carbonyl (C=O) groups excluding carboxylic acids is 2. The molecule has 0 bridgehead atoms. The maximum Gasteiger partial charge on any atom is 0.263 e. The fraction of sp³-hybridized carbons (Fsp3) is 0.227. The summed E-state index contributed by atoms with van der Waals surface area (Å²) in [5.41, 5.74) is 2.24. The molecule has 0 spiro atoms. The lowest BCUT2D eigenvalue weighted by Gasteiger charge is -2.23. The molecule has 3 rings (SSSR count). The van der Waals surface area contributed by atoms with E-state index in [-0.39, 0.29) is 17.3 Å². The van der Waals surface area contributed by atoms with E-state index in [0.717, 1.165) is 24.3 Å². The molecule has 6 nitrogen and oxygen atoms in total. The van der Waals surface area contributed by atoms with Crippen LogP contribution in [0, 0.1) is 0 Å². The fourth-order valence-corrected chi connectivity index (χ4v) is 3.76. The highest BCUT2D eigenvalue weighted by atomic mass is 35.5. The lowest BCUT2D eigenvalue weighted by Crippen LogP contribution is -2.51. The highest BCUT2D eigenvalue weighted by Crippen LogP contribution is 2.30. The number of carbonyl (C=O) groups is 2. The molecule has 1 saturated heterocycles. The third-order valence-corrected chi connectivity index (χ3v) is 5.56. The molecule has 1 aliphatic rings. The van der Waals surface area contributed by atoms with Crippen LogP contribution in [0.2, 0.25) is 10.0 Å². The minimum absolute atomic E-state index is 0.0158. The van der Waals surface area contributed by atoms with Crippen LogP contribution in [-0.4, -0.2) is 30.0 Å². The smallest absolute Gasteiger partial charge is 0.263 e. The summed E-state index contributed by atoms with van der Waals surface area (Å²) in [5.74, 6) is -0.613. The van der Waals surface area contributed by atoms with Crippen LogP contribution in [0.15, 0.2) is 42.0 Å². The number of benzene rings is 2. The molecule has 2 aromatic rings. The average molecular weight is 478 g/mol. The van der Waals surface area contributed by atoms with E-state index in [2.05, 4.69) is 29.4 Å². The first kappa shape index (κ1) is 23.1. The largest absolute Gasteiger partial charge is 0.488 e. The van der Waals surface area contributed by atoms with Gasteiger partial charge in [0.1, 0.15) is 17.9 Å². The van der Waals surface area contributed by atoms with Gasteiger partial charge in [0.05, 0.1) is 0 Å². The molecule has 162 valence electrons. The number of ether oxygens (including phenoxy) is 1. The summed E-state index contributed by atoms with van der Waals surface area (Å²) in [6.45, 7) is 5.96. The molecule has 0 atom stereocenters. The van der Waals surface area contributed by atoms with E-state index < -0.39 is 11.8 Å². The summed E-state index contributed by atoms with van der Waals surface area (Å²) >= 11 is 17.1. The van der Waals surface area contributed by atoms with Gasteiger partial charge in [-0.05, 0) is 56.4 Å². The molecular formula is C22H21Cl2N3O3S. The Kier molecular flexibility index (Phi) is 7.54. The Morgan fingerprint density at radius 2 is 1.71 bits per heavy atom. The molecule has 31 heavy (non-hydrogen) atoms. The molecule has 1 fully saturated rings. The molecule has 0 radical (unpaired) electrons. The lowest BCUT2D eigenvalue weighted by molar-refractivity contribution is -0.123. The summed E-state index contributed by atoms with van der Waals surface area (Å²) in [6, 6.07) is 10.8. The van der Waals surface area contributed by atoms with Crippen molar-refractivity contribution in [3.8, 4) is 5.75 Å². The van der Waals surface area contributed by atoms with Crippen molar-refractivity contribution in [2.24, 2.45) is 0 Å². The molecule has 1 aliphatic heterocycles. The zero-order chi connectivity index (χ0) is 22.5. The van der Waals surface area contributed by atoms with Crippen molar-refractivity contribution < 1.29 is 14.3 Å². The van der Waals surface area contributed by atoms with Crippen LogP contribution in [-0.2, 0) is 16.2 Å². The topological polar surface area (TPSA) is 70.7 Å². The summed E-state index contributed by atoms with van der Waals surface area (Å²) < 4.78 is 6.07. The molecular weight excluding hydrogens is 457 g/mol. The van der Waals surface area contributed by atoms with Crippen molar-refractivity contribution in [2.45, 2.75) is 20.5 Å². The Hall–Kier alpha value is -2.61. The molecule has 2 amide bonds. The summed E-state index contributed by atoms with van der Waals surface area (Å²) in [7, 11) is 0. The number of thiocarbonyl (C=S) groups is 1. The molecule has 0 aliphatic carbocycles. The second-order valence-corrected chi connectivity index (χ2v) is 7.97.